The standard InChI is InChI=1S/C19H28N2O3/c1-3-14(2)17(18(22)20-16-11-7-8-12-16)21-19(23)24-13-15-9-5-4-6-10-15/h4-6,9-10,14,16-17H,3,7-8,11-13H2,1-2H3,(H,20,22)(H,21,23). The smallest absolute Gasteiger partial charge is 0.408 e. The van der Waals surface area contributed by atoms with E-state index in [2.05, 4.69) is 10.6 Å². The van der Waals surface area contributed by atoms with Crippen molar-refractivity contribution < 1.29 is 14.3 Å². The van der Waals surface area contributed by atoms with Gasteiger partial charge < -0.3 is 15.4 Å². The summed E-state index contributed by atoms with van der Waals surface area (Å²) in [5, 5.41) is 5.80. The van der Waals surface area contributed by atoms with Crippen LogP contribution in [0.15, 0.2) is 30.3 Å². The molecule has 5 nitrogen and oxygen atoms in total. The van der Waals surface area contributed by atoms with E-state index in [0.29, 0.717) is 0 Å². The SMILES string of the molecule is CCC(C)C(NC(=O)OCc1ccccc1)C(=O)NC1CCCC1. The van der Waals surface area contributed by atoms with Crippen LogP contribution in [0.2, 0.25) is 0 Å². The van der Waals surface area contributed by atoms with Crippen molar-refractivity contribution >= 4 is 12.0 Å². The summed E-state index contributed by atoms with van der Waals surface area (Å²) in [7, 11) is 0. The monoisotopic (exact) mass is 332 g/mol. The molecule has 0 spiro atoms. The number of hydrogen-bond acceptors (Lipinski definition) is 3. The number of carbonyl (C=O) groups is 2. The molecule has 0 aliphatic heterocycles. The van der Waals surface area contributed by atoms with E-state index in [0.717, 1.165) is 37.7 Å². The lowest BCUT2D eigenvalue weighted by Gasteiger charge is -2.25. The Morgan fingerprint density at radius 3 is 2.50 bits per heavy atom. The van der Waals surface area contributed by atoms with Gasteiger partial charge in [-0.15, -0.1) is 0 Å². The fraction of sp³-hybridized carbons (Fsp3) is 0.579. The van der Waals surface area contributed by atoms with Gasteiger partial charge in [-0.25, -0.2) is 4.79 Å². The van der Waals surface area contributed by atoms with Crippen LogP contribution in [-0.4, -0.2) is 24.1 Å². The zero-order valence-corrected chi connectivity index (χ0v) is 14.6. The Kier molecular flexibility index (Phi) is 7.09. The van der Waals surface area contributed by atoms with E-state index in [1.165, 1.54) is 0 Å². The summed E-state index contributed by atoms with van der Waals surface area (Å²) in [6.07, 6.45) is 4.62. The van der Waals surface area contributed by atoms with Crippen LogP contribution in [0.4, 0.5) is 4.79 Å². The molecule has 132 valence electrons. The highest BCUT2D eigenvalue weighted by molar-refractivity contribution is 5.86. The third-order valence-corrected chi connectivity index (χ3v) is 4.68. The molecule has 1 aromatic rings. The number of amides is 2. The summed E-state index contributed by atoms with van der Waals surface area (Å²) in [6, 6.07) is 9.18. The first-order valence-electron chi connectivity index (χ1n) is 8.87. The van der Waals surface area contributed by atoms with Gasteiger partial charge in [0, 0.05) is 6.04 Å². The molecule has 1 saturated carbocycles. The zero-order chi connectivity index (χ0) is 17.4. The molecule has 1 aromatic carbocycles. The molecular formula is C19H28N2O3. The summed E-state index contributed by atoms with van der Waals surface area (Å²) in [5.74, 6) is -0.0522. The first-order valence-corrected chi connectivity index (χ1v) is 8.87. The van der Waals surface area contributed by atoms with Crippen molar-refractivity contribution in [3.8, 4) is 0 Å². The van der Waals surface area contributed by atoms with Gasteiger partial charge in [-0.1, -0.05) is 63.4 Å². The minimum absolute atomic E-state index is 0.0516. The summed E-state index contributed by atoms with van der Waals surface area (Å²) in [5.41, 5.74) is 0.920. The number of carbonyl (C=O) groups excluding carboxylic acids is 2. The lowest BCUT2D eigenvalue weighted by Crippen LogP contribution is -2.52. The number of ether oxygens (including phenoxy) is 1. The van der Waals surface area contributed by atoms with Crippen molar-refractivity contribution in [2.24, 2.45) is 5.92 Å². The van der Waals surface area contributed by atoms with Crippen molar-refractivity contribution in [3.63, 3.8) is 0 Å². The van der Waals surface area contributed by atoms with Crippen molar-refractivity contribution in [3.05, 3.63) is 35.9 Å². The Morgan fingerprint density at radius 2 is 1.88 bits per heavy atom. The molecule has 2 atom stereocenters. The number of hydrogen-bond donors (Lipinski definition) is 2. The number of nitrogens with one attached hydrogen (secondary N) is 2. The van der Waals surface area contributed by atoms with Gasteiger partial charge in [0.1, 0.15) is 12.6 Å². The van der Waals surface area contributed by atoms with Gasteiger partial charge in [0.25, 0.3) is 0 Å². The Hall–Kier alpha value is -2.04. The van der Waals surface area contributed by atoms with E-state index in [9.17, 15) is 9.59 Å². The molecule has 5 heteroatoms. The van der Waals surface area contributed by atoms with Crippen LogP contribution in [0.3, 0.4) is 0 Å². The Morgan fingerprint density at radius 1 is 1.21 bits per heavy atom. The summed E-state index contributed by atoms with van der Waals surface area (Å²) >= 11 is 0. The topological polar surface area (TPSA) is 67.4 Å². The van der Waals surface area contributed by atoms with Crippen LogP contribution >= 0.6 is 0 Å². The summed E-state index contributed by atoms with van der Waals surface area (Å²) in [6.45, 7) is 4.18. The van der Waals surface area contributed by atoms with Gasteiger partial charge >= 0.3 is 6.09 Å². The minimum atomic E-state index is -0.557. The molecule has 24 heavy (non-hydrogen) atoms. The van der Waals surface area contributed by atoms with Gasteiger partial charge in [-0.3, -0.25) is 4.79 Å². The summed E-state index contributed by atoms with van der Waals surface area (Å²) in [4.78, 5) is 24.6. The number of benzene rings is 1. The molecule has 0 aromatic heterocycles. The fourth-order valence-electron chi connectivity index (χ4n) is 2.95. The Labute approximate surface area is 144 Å². The molecule has 1 aliphatic carbocycles. The lowest BCUT2D eigenvalue weighted by molar-refractivity contribution is -0.124. The highest BCUT2D eigenvalue weighted by atomic mass is 16.5. The maximum absolute atomic E-state index is 12.5. The maximum atomic E-state index is 12.5. The molecule has 2 N–H and O–H groups in total. The normalized spacial score (nSPS) is 17.1. The highest BCUT2D eigenvalue weighted by Crippen LogP contribution is 2.18. The van der Waals surface area contributed by atoms with E-state index in [1.807, 2.05) is 44.2 Å². The fourth-order valence-corrected chi connectivity index (χ4v) is 2.95. The predicted octanol–water partition coefficient (Wildman–Crippen LogP) is 3.39. The van der Waals surface area contributed by atoms with Gasteiger partial charge in [0.15, 0.2) is 0 Å². The number of rotatable bonds is 7. The summed E-state index contributed by atoms with van der Waals surface area (Å²) < 4.78 is 5.24. The van der Waals surface area contributed by atoms with Gasteiger partial charge in [-0.05, 0) is 24.3 Å². The van der Waals surface area contributed by atoms with E-state index >= 15 is 0 Å². The van der Waals surface area contributed by atoms with Crippen molar-refractivity contribution in [2.75, 3.05) is 0 Å². The highest BCUT2D eigenvalue weighted by Gasteiger charge is 2.28. The van der Waals surface area contributed by atoms with Crippen LogP contribution in [0.5, 0.6) is 0 Å². The van der Waals surface area contributed by atoms with Gasteiger partial charge in [0.2, 0.25) is 5.91 Å². The molecule has 2 rings (SSSR count). The van der Waals surface area contributed by atoms with E-state index < -0.39 is 12.1 Å². The van der Waals surface area contributed by atoms with Crippen LogP contribution in [0, 0.1) is 5.92 Å². The third kappa shape index (κ3) is 5.55. The second-order valence-corrected chi connectivity index (χ2v) is 6.56. The van der Waals surface area contributed by atoms with Crippen LogP contribution in [0.1, 0.15) is 51.5 Å². The van der Waals surface area contributed by atoms with E-state index in [4.69, 9.17) is 4.74 Å². The number of alkyl carbamates (subject to hydrolysis) is 1. The van der Waals surface area contributed by atoms with E-state index in [-0.39, 0.29) is 24.5 Å². The third-order valence-electron chi connectivity index (χ3n) is 4.68. The van der Waals surface area contributed by atoms with Crippen molar-refractivity contribution in [1.29, 1.82) is 0 Å². The first-order chi connectivity index (χ1) is 11.6. The van der Waals surface area contributed by atoms with Gasteiger partial charge in [-0.2, -0.15) is 0 Å². The first kappa shape index (κ1) is 18.3. The molecule has 2 unspecified atom stereocenters. The molecule has 0 radical (unpaired) electrons. The van der Waals surface area contributed by atoms with E-state index in [1.54, 1.807) is 0 Å². The minimum Gasteiger partial charge on any atom is -0.445 e. The molecule has 2 amide bonds. The zero-order valence-electron chi connectivity index (χ0n) is 14.6. The van der Waals surface area contributed by atoms with Crippen LogP contribution in [0.25, 0.3) is 0 Å². The molecule has 1 fully saturated rings. The molecule has 0 bridgehead atoms. The quantitative estimate of drug-likeness (QED) is 0.804. The molecule has 1 aliphatic rings. The predicted molar refractivity (Wildman–Crippen MR) is 93.4 cm³/mol. The van der Waals surface area contributed by atoms with Crippen molar-refractivity contribution in [2.45, 2.75) is 64.6 Å². The van der Waals surface area contributed by atoms with Crippen LogP contribution in [-0.2, 0) is 16.1 Å². The van der Waals surface area contributed by atoms with Crippen molar-refractivity contribution in [1.82, 2.24) is 10.6 Å². The Bertz CT molecular complexity index is 527. The lowest BCUT2D eigenvalue weighted by atomic mass is 9.98. The Balaban J connectivity index is 1.87. The second kappa shape index (κ2) is 9.30. The maximum Gasteiger partial charge on any atom is 0.408 e. The largest absolute Gasteiger partial charge is 0.445 e. The molecule has 0 heterocycles. The van der Waals surface area contributed by atoms with Gasteiger partial charge in [0.05, 0.1) is 0 Å². The average Bonchev–Trinajstić information content (AvgIpc) is 3.11. The molecular weight excluding hydrogens is 304 g/mol. The second-order valence-electron chi connectivity index (χ2n) is 6.56. The average molecular weight is 332 g/mol. The molecule has 0 saturated heterocycles. The van der Waals surface area contributed by atoms with Crippen LogP contribution < -0.4 is 10.6 Å².